The summed E-state index contributed by atoms with van der Waals surface area (Å²) in [4.78, 5) is 13.2. The molecule has 2 N–H and O–H groups in total. The highest BCUT2D eigenvalue weighted by Gasteiger charge is 2.25. The molecule has 1 heterocycles. The van der Waals surface area contributed by atoms with Crippen LogP contribution >= 0.6 is 0 Å². The van der Waals surface area contributed by atoms with E-state index in [1.54, 1.807) is 12.1 Å². The number of hydrogen-bond donors (Lipinski definition) is 2. The Morgan fingerprint density at radius 3 is 2.45 bits per heavy atom. The van der Waals surface area contributed by atoms with Crippen LogP contribution in [-0.4, -0.2) is 45.4 Å². The quantitative estimate of drug-likeness (QED) is 0.854. The zero-order valence-corrected chi connectivity index (χ0v) is 12.4. The number of sulfonamides is 1. The normalized spacial score (nSPS) is 20.0. The van der Waals surface area contributed by atoms with Crippen molar-refractivity contribution in [3.63, 3.8) is 0 Å². The van der Waals surface area contributed by atoms with Crippen molar-refractivity contribution in [2.75, 3.05) is 25.5 Å². The first-order valence-electron chi connectivity index (χ1n) is 6.45. The van der Waals surface area contributed by atoms with E-state index in [1.165, 1.54) is 19.1 Å². The molecule has 1 aliphatic heterocycles. The molecule has 2 rings (SSSR count). The van der Waals surface area contributed by atoms with Crippen LogP contribution in [0.15, 0.2) is 29.2 Å². The van der Waals surface area contributed by atoms with Gasteiger partial charge in [-0.05, 0) is 44.3 Å². The minimum Gasteiger partial charge on any atom is -0.326 e. The van der Waals surface area contributed by atoms with Gasteiger partial charge in [-0.1, -0.05) is 0 Å². The van der Waals surface area contributed by atoms with Crippen molar-refractivity contribution in [3.8, 4) is 0 Å². The van der Waals surface area contributed by atoms with E-state index in [4.69, 9.17) is 0 Å². The summed E-state index contributed by atoms with van der Waals surface area (Å²) in [6.45, 7) is 3.03. The predicted octanol–water partition coefficient (Wildman–Crippen LogP) is 0.627. The largest absolute Gasteiger partial charge is 0.326 e. The van der Waals surface area contributed by atoms with Gasteiger partial charge in [-0.25, -0.2) is 13.1 Å². The van der Waals surface area contributed by atoms with Gasteiger partial charge in [0.15, 0.2) is 0 Å². The standard InChI is InChI=1S/C13H19N3O3S/c1-10(17)14-11-3-5-13(6-4-11)20(18,19)15-12-7-8-16(2)9-12/h3-6,12,15H,7-9H2,1-2H3,(H,14,17)/t12-/m1/s1. The van der Waals surface area contributed by atoms with Crippen LogP contribution in [-0.2, 0) is 14.8 Å². The van der Waals surface area contributed by atoms with Crippen LogP contribution in [0.4, 0.5) is 5.69 Å². The van der Waals surface area contributed by atoms with Crippen LogP contribution < -0.4 is 10.0 Å². The van der Waals surface area contributed by atoms with Crippen molar-refractivity contribution in [3.05, 3.63) is 24.3 Å². The second kappa shape index (κ2) is 5.90. The molecule has 110 valence electrons. The number of nitrogens with one attached hydrogen (secondary N) is 2. The number of anilines is 1. The molecule has 1 amide bonds. The molecule has 1 atom stereocenters. The number of amides is 1. The van der Waals surface area contributed by atoms with Gasteiger partial charge in [0.25, 0.3) is 0 Å². The second-order valence-electron chi connectivity index (χ2n) is 5.07. The van der Waals surface area contributed by atoms with Gasteiger partial charge in [-0.2, -0.15) is 0 Å². The molecule has 1 fully saturated rings. The smallest absolute Gasteiger partial charge is 0.240 e. The molecule has 0 bridgehead atoms. The van der Waals surface area contributed by atoms with E-state index in [2.05, 4.69) is 14.9 Å². The molecule has 1 aliphatic rings. The van der Waals surface area contributed by atoms with Crippen LogP contribution in [0.2, 0.25) is 0 Å². The van der Waals surface area contributed by atoms with E-state index >= 15 is 0 Å². The maximum absolute atomic E-state index is 12.2. The Balaban J connectivity index is 2.07. The van der Waals surface area contributed by atoms with Gasteiger partial charge in [0.1, 0.15) is 0 Å². The lowest BCUT2D eigenvalue weighted by Crippen LogP contribution is -2.36. The number of carbonyl (C=O) groups is 1. The van der Waals surface area contributed by atoms with Crippen molar-refractivity contribution in [1.82, 2.24) is 9.62 Å². The number of nitrogens with zero attached hydrogens (tertiary/aromatic N) is 1. The molecule has 0 unspecified atom stereocenters. The number of benzene rings is 1. The van der Waals surface area contributed by atoms with Crippen LogP contribution in [0.3, 0.4) is 0 Å². The summed E-state index contributed by atoms with van der Waals surface area (Å²) < 4.78 is 27.1. The lowest BCUT2D eigenvalue weighted by Gasteiger charge is -2.13. The average Bonchev–Trinajstić information content (AvgIpc) is 2.74. The Bertz CT molecular complexity index is 583. The summed E-state index contributed by atoms with van der Waals surface area (Å²) >= 11 is 0. The van der Waals surface area contributed by atoms with E-state index in [0.717, 1.165) is 19.5 Å². The zero-order chi connectivity index (χ0) is 14.8. The highest BCUT2D eigenvalue weighted by Crippen LogP contribution is 2.16. The summed E-state index contributed by atoms with van der Waals surface area (Å²) in [5.74, 6) is -0.187. The molecule has 0 saturated carbocycles. The third kappa shape index (κ3) is 3.78. The molecule has 1 aromatic rings. The monoisotopic (exact) mass is 297 g/mol. The Morgan fingerprint density at radius 2 is 1.95 bits per heavy atom. The van der Waals surface area contributed by atoms with Gasteiger partial charge < -0.3 is 10.2 Å². The summed E-state index contributed by atoms with van der Waals surface area (Å²) in [6, 6.07) is 6.10. The number of likely N-dealkylation sites (tertiary alicyclic amines) is 1. The average molecular weight is 297 g/mol. The molecule has 1 saturated heterocycles. The van der Waals surface area contributed by atoms with Crippen molar-refractivity contribution in [1.29, 1.82) is 0 Å². The fourth-order valence-electron chi connectivity index (χ4n) is 2.24. The van der Waals surface area contributed by atoms with Crippen LogP contribution in [0.5, 0.6) is 0 Å². The van der Waals surface area contributed by atoms with E-state index < -0.39 is 10.0 Å². The predicted molar refractivity (Wildman–Crippen MR) is 77.0 cm³/mol. The Morgan fingerprint density at radius 1 is 1.30 bits per heavy atom. The second-order valence-corrected chi connectivity index (χ2v) is 6.79. The Labute approximate surface area is 119 Å². The summed E-state index contributed by atoms with van der Waals surface area (Å²) in [5, 5.41) is 2.60. The van der Waals surface area contributed by atoms with Crippen molar-refractivity contribution < 1.29 is 13.2 Å². The zero-order valence-electron chi connectivity index (χ0n) is 11.6. The number of hydrogen-bond acceptors (Lipinski definition) is 4. The fraction of sp³-hybridized carbons (Fsp3) is 0.462. The van der Waals surface area contributed by atoms with E-state index in [-0.39, 0.29) is 16.8 Å². The first-order valence-corrected chi connectivity index (χ1v) is 7.94. The molecule has 6 nitrogen and oxygen atoms in total. The molecule has 0 aliphatic carbocycles. The molecule has 0 aromatic heterocycles. The molecular formula is C13H19N3O3S. The van der Waals surface area contributed by atoms with Crippen LogP contribution in [0.1, 0.15) is 13.3 Å². The van der Waals surface area contributed by atoms with Gasteiger partial charge in [0.05, 0.1) is 4.90 Å². The molecule has 20 heavy (non-hydrogen) atoms. The van der Waals surface area contributed by atoms with Gasteiger partial charge in [0.2, 0.25) is 15.9 Å². The highest BCUT2D eigenvalue weighted by molar-refractivity contribution is 7.89. The minimum atomic E-state index is -3.50. The lowest BCUT2D eigenvalue weighted by atomic mass is 10.3. The topological polar surface area (TPSA) is 78.5 Å². The highest BCUT2D eigenvalue weighted by atomic mass is 32.2. The first kappa shape index (κ1) is 15.0. The maximum Gasteiger partial charge on any atom is 0.240 e. The summed E-state index contributed by atoms with van der Waals surface area (Å²) in [7, 11) is -1.53. The van der Waals surface area contributed by atoms with E-state index in [0.29, 0.717) is 5.69 Å². The molecule has 0 spiro atoms. The minimum absolute atomic E-state index is 0.0416. The lowest BCUT2D eigenvalue weighted by molar-refractivity contribution is -0.114. The maximum atomic E-state index is 12.2. The van der Waals surface area contributed by atoms with Crippen LogP contribution in [0, 0.1) is 0 Å². The van der Waals surface area contributed by atoms with E-state index in [9.17, 15) is 13.2 Å². The molecule has 1 aromatic carbocycles. The summed E-state index contributed by atoms with van der Waals surface area (Å²) in [6.07, 6.45) is 0.819. The fourth-order valence-corrected chi connectivity index (χ4v) is 3.50. The van der Waals surface area contributed by atoms with Gasteiger partial charge in [-0.3, -0.25) is 4.79 Å². The van der Waals surface area contributed by atoms with Crippen LogP contribution in [0.25, 0.3) is 0 Å². The number of likely N-dealkylation sites (N-methyl/N-ethyl adjacent to an activating group) is 1. The number of carbonyl (C=O) groups excluding carboxylic acids is 1. The van der Waals surface area contributed by atoms with Gasteiger partial charge in [-0.15, -0.1) is 0 Å². The molecule has 7 heteroatoms. The third-order valence-corrected chi connectivity index (χ3v) is 4.73. The molecular weight excluding hydrogens is 278 g/mol. The first-order chi connectivity index (χ1) is 9.37. The van der Waals surface area contributed by atoms with Crippen molar-refractivity contribution >= 4 is 21.6 Å². The Hall–Kier alpha value is -1.44. The van der Waals surface area contributed by atoms with Gasteiger partial charge >= 0.3 is 0 Å². The summed E-state index contributed by atoms with van der Waals surface area (Å²) in [5.41, 5.74) is 0.581. The number of rotatable bonds is 4. The SMILES string of the molecule is CC(=O)Nc1ccc(S(=O)(=O)N[C@@H]2CCN(C)C2)cc1. The van der Waals surface area contributed by atoms with Gasteiger partial charge in [0, 0.05) is 25.2 Å². The van der Waals surface area contributed by atoms with Crippen molar-refractivity contribution in [2.24, 2.45) is 0 Å². The van der Waals surface area contributed by atoms with E-state index in [1.807, 2.05) is 7.05 Å². The molecule has 0 radical (unpaired) electrons. The Kier molecular flexibility index (Phi) is 4.42. The van der Waals surface area contributed by atoms with Crippen molar-refractivity contribution in [2.45, 2.75) is 24.3 Å². The third-order valence-electron chi connectivity index (χ3n) is 3.20.